The number of hydrogen-bond donors (Lipinski definition) is 1. The zero-order valence-electron chi connectivity index (χ0n) is 13.4. The van der Waals surface area contributed by atoms with Crippen LogP contribution in [0.4, 0.5) is 0 Å². The lowest BCUT2D eigenvalue weighted by atomic mass is 10.1. The van der Waals surface area contributed by atoms with Crippen molar-refractivity contribution in [2.24, 2.45) is 0 Å². The Kier molecular flexibility index (Phi) is 6.60. The third-order valence-corrected chi connectivity index (χ3v) is 4.18. The molecule has 0 aromatic heterocycles. The minimum atomic E-state index is 0. The number of rotatable bonds is 6. The molecular weight excluding hydrogens is 398 g/mol. The number of fused-ring (bicyclic) bond motifs is 1. The second kappa shape index (κ2) is 8.46. The van der Waals surface area contributed by atoms with E-state index in [0.29, 0.717) is 24.8 Å². The zero-order chi connectivity index (χ0) is 16.2. The van der Waals surface area contributed by atoms with Crippen LogP contribution in [0, 0.1) is 0 Å². The van der Waals surface area contributed by atoms with Crippen molar-refractivity contribution in [1.29, 1.82) is 0 Å². The van der Waals surface area contributed by atoms with Crippen LogP contribution in [-0.2, 0) is 13.1 Å². The third kappa shape index (κ3) is 4.06. The number of benzene rings is 2. The zero-order valence-corrected chi connectivity index (χ0v) is 15.7. The lowest BCUT2D eigenvalue weighted by molar-refractivity contribution is -0.00000665. The first kappa shape index (κ1) is 18.7. The summed E-state index contributed by atoms with van der Waals surface area (Å²) < 4.78 is 22.3. The molecule has 1 aliphatic heterocycles. The van der Waals surface area contributed by atoms with Crippen molar-refractivity contribution in [3.05, 3.63) is 45.9 Å². The molecule has 7 heteroatoms. The molecule has 0 saturated heterocycles. The van der Waals surface area contributed by atoms with Gasteiger partial charge in [0, 0.05) is 13.1 Å². The molecule has 2 aromatic rings. The van der Waals surface area contributed by atoms with Crippen LogP contribution in [0.15, 0.2) is 34.8 Å². The molecule has 0 fully saturated rings. The monoisotopic (exact) mass is 414 g/mol. The predicted molar refractivity (Wildman–Crippen MR) is 90.4 cm³/mol. The molecule has 0 aliphatic carbocycles. The molecule has 3 rings (SSSR count). The van der Waals surface area contributed by atoms with Crippen molar-refractivity contribution in [3.63, 3.8) is 0 Å². The summed E-state index contributed by atoms with van der Waals surface area (Å²) in [5.74, 6) is 3.02. The Morgan fingerprint density at radius 3 is 2.50 bits per heavy atom. The highest BCUT2D eigenvalue weighted by Crippen LogP contribution is 2.36. The number of ether oxygens (including phenoxy) is 4. The molecule has 1 heterocycles. The lowest BCUT2D eigenvalue weighted by Crippen LogP contribution is -3.00. The standard InChI is InChI=1S/C17H18BrNO4.ClH/c1-20-16-7-12(5-13(18)17(16)21-2)9-19-8-11-3-4-14-15(6-11)23-10-22-14;/h3-7,19H,8-10H2,1-2H3;1H/p-1. The van der Waals surface area contributed by atoms with E-state index in [1.165, 1.54) is 0 Å². The number of halogens is 2. The first-order chi connectivity index (χ1) is 11.2. The van der Waals surface area contributed by atoms with Gasteiger partial charge in [-0.2, -0.15) is 0 Å². The largest absolute Gasteiger partial charge is 1.00 e. The molecule has 2 aromatic carbocycles. The van der Waals surface area contributed by atoms with Gasteiger partial charge in [-0.05, 0) is 51.3 Å². The van der Waals surface area contributed by atoms with E-state index in [0.717, 1.165) is 33.6 Å². The first-order valence-corrected chi connectivity index (χ1v) is 8.00. The Bertz CT molecular complexity index is 711. The molecule has 0 radical (unpaired) electrons. The second-order valence-corrected chi connectivity index (χ2v) is 5.96. The van der Waals surface area contributed by atoms with Gasteiger partial charge in [0.1, 0.15) is 0 Å². The molecule has 130 valence electrons. The number of methoxy groups -OCH3 is 2. The second-order valence-electron chi connectivity index (χ2n) is 5.10. The highest BCUT2D eigenvalue weighted by atomic mass is 79.9. The fourth-order valence-electron chi connectivity index (χ4n) is 2.48. The average molecular weight is 416 g/mol. The minimum Gasteiger partial charge on any atom is -1.00 e. The van der Waals surface area contributed by atoms with Crippen LogP contribution in [0.2, 0.25) is 0 Å². The molecule has 0 atom stereocenters. The van der Waals surface area contributed by atoms with Crippen LogP contribution in [0.3, 0.4) is 0 Å². The molecule has 0 bridgehead atoms. The molecule has 0 spiro atoms. The van der Waals surface area contributed by atoms with Gasteiger partial charge in [-0.15, -0.1) is 0 Å². The van der Waals surface area contributed by atoms with E-state index in [2.05, 4.69) is 21.2 Å². The number of nitrogens with one attached hydrogen (secondary N) is 1. The highest BCUT2D eigenvalue weighted by molar-refractivity contribution is 9.10. The van der Waals surface area contributed by atoms with E-state index in [9.17, 15) is 0 Å². The normalized spacial score (nSPS) is 11.8. The molecule has 0 amide bonds. The van der Waals surface area contributed by atoms with Gasteiger partial charge in [0.25, 0.3) is 0 Å². The Balaban J connectivity index is 0.00000208. The van der Waals surface area contributed by atoms with E-state index in [-0.39, 0.29) is 12.4 Å². The van der Waals surface area contributed by atoms with Crippen molar-refractivity contribution in [2.45, 2.75) is 13.1 Å². The SMILES string of the molecule is COc1cc(CNCc2ccc3c(c2)OCO3)cc(Br)c1OC.[Cl-]. The van der Waals surface area contributed by atoms with Crippen LogP contribution in [-0.4, -0.2) is 21.0 Å². The molecule has 24 heavy (non-hydrogen) atoms. The van der Waals surface area contributed by atoms with E-state index >= 15 is 0 Å². The summed E-state index contributed by atoms with van der Waals surface area (Å²) in [6, 6.07) is 9.96. The van der Waals surface area contributed by atoms with E-state index in [4.69, 9.17) is 18.9 Å². The van der Waals surface area contributed by atoms with Crippen molar-refractivity contribution in [3.8, 4) is 23.0 Å². The average Bonchev–Trinajstić information content (AvgIpc) is 3.02. The quantitative estimate of drug-likeness (QED) is 0.744. The Labute approximate surface area is 155 Å². The summed E-state index contributed by atoms with van der Waals surface area (Å²) in [4.78, 5) is 0. The lowest BCUT2D eigenvalue weighted by Gasteiger charge is -2.12. The Morgan fingerprint density at radius 1 is 1.00 bits per heavy atom. The van der Waals surface area contributed by atoms with Crippen LogP contribution >= 0.6 is 15.9 Å². The fraction of sp³-hybridized carbons (Fsp3) is 0.294. The van der Waals surface area contributed by atoms with Crippen LogP contribution in [0.1, 0.15) is 11.1 Å². The first-order valence-electron chi connectivity index (χ1n) is 7.21. The van der Waals surface area contributed by atoms with Crippen molar-refractivity contribution >= 4 is 15.9 Å². The maximum absolute atomic E-state index is 5.39. The van der Waals surface area contributed by atoms with Gasteiger partial charge in [-0.1, -0.05) is 6.07 Å². The van der Waals surface area contributed by atoms with E-state index in [1.54, 1.807) is 14.2 Å². The van der Waals surface area contributed by atoms with Gasteiger partial charge in [0.2, 0.25) is 6.79 Å². The molecule has 1 N–H and O–H groups in total. The van der Waals surface area contributed by atoms with Crippen LogP contribution in [0.5, 0.6) is 23.0 Å². The van der Waals surface area contributed by atoms with Gasteiger partial charge in [-0.3, -0.25) is 0 Å². The van der Waals surface area contributed by atoms with Crippen LogP contribution < -0.4 is 36.7 Å². The van der Waals surface area contributed by atoms with Gasteiger partial charge in [-0.25, -0.2) is 0 Å². The Hall–Kier alpha value is -1.63. The molecule has 5 nitrogen and oxygen atoms in total. The summed E-state index contributed by atoms with van der Waals surface area (Å²) in [6.07, 6.45) is 0. The van der Waals surface area contributed by atoms with Crippen molar-refractivity contribution < 1.29 is 31.4 Å². The van der Waals surface area contributed by atoms with Gasteiger partial charge >= 0.3 is 0 Å². The van der Waals surface area contributed by atoms with Gasteiger partial charge in [0.05, 0.1) is 18.7 Å². The molecule has 1 aliphatic rings. The minimum absolute atomic E-state index is 0. The van der Waals surface area contributed by atoms with Crippen molar-refractivity contribution in [2.75, 3.05) is 21.0 Å². The third-order valence-electron chi connectivity index (χ3n) is 3.59. The number of hydrogen-bond acceptors (Lipinski definition) is 5. The van der Waals surface area contributed by atoms with Gasteiger partial charge in [0.15, 0.2) is 23.0 Å². The summed E-state index contributed by atoms with van der Waals surface area (Å²) in [7, 11) is 3.26. The predicted octanol–water partition coefficient (Wildman–Crippen LogP) is 0.489. The summed E-state index contributed by atoms with van der Waals surface area (Å²) in [5.41, 5.74) is 2.25. The van der Waals surface area contributed by atoms with Crippen molar-refractivity contribution in [1.82, 2.24) is 5.32 Å². The summed E-state index contributed by atoms with van der Waals surface area (Å²) in [6.45, 7) is 1.75. The fourth-order valence-corrected chi connectivity index (χ4v) is 3.13. The maximum Gasteiger partial charge on any atom is 0.231 e. The maximum atomic E-state index is 5.39. The topological polar surface area (TPSA) is 49.0 Å². The molecule has 0 saturated carbocycles. The highest BCUT2D eigenvalue weighted by Gasteiger charge is 2.13. The summed E-state index contributed by atoms with van der Waals surface area (Å²) >= 11 is 3.51. The van der Waals surface area contributed by atoms with E-state index < -0.39 is 0 Å². The molecule has 0 unspecified atom stereocenters. The van der Waals surface area contributed by atoms with E-state index in [1.807, 2.05) is 30.3 Å². The Morgan fingerprint density at radius 2 is 1.75 bits per heavy atom. The summed E-state index contributed by atoms with van der Waals surface area (Å²) in [5, 5.41) is 3.41. The van der Waals surface area contributed by atoms with Crippen LogP contribution in [0.25, 0.3) is 0 Å². The van der Waals surface area contributed by atoms with Gasteiger partial charge < -0.3 is 36.7 Å². The molecular formula is C17H18BrClNO4-. The smallest absolute Gasteiger partial charge is 0.231 e.